The Morgan fingerprint density at radius 1 is 1.30 bits per heavy atom. The second-order valence-electron chi connectivity index (χ2n) is 5.27. The topological polar surface area (TPSA) is 72.5 Å². The molecule has 0 aromatic heterocycles. The second kappa shape index (κ2) is 8.24. The molecule has 0 aliphatic heterocycles. The molecule has 20 heavy (non-hydrogen) atoms. The minimum atomic E-state index is -3.30. The summed E-state index contributed by atoms with van der Waals surface area (Å²) in [4.78, 5) is 11.0. The zero-order valence-electron chi connectivity index (χ0n) is 12.3. The van der Waals surface area contributed by atoms with E-state index in [1.165, 1.54) is 26.4 Å². The molecule has 0 saturated heterocycles. The van der Waals surface area contributed by atoms with Gasteiger partial charge >= 0.3 is 5.97 Å². The maximum Gasteiger partial charge on any atom is 0.305 e. The molecule has 1 aliphatic carbocycles. The number of esters is 1. The molecule has 1 N–H and O–H groups in total. The molecule has 0 bridgehead atoms. The van der Waals surface area contributed by atoms with Crippen molar-refractivity contribution in [3.05, 3.63) is 0 Å². The first-order valence-corrected chi connectivity index (χ1v) is 9.90. The zero-order valence-corrected chi connectivity index (χ0v) is 13.9. The molecular formula is C13H25NO4S2. The van der Waals surface area contributed by atoms with Crippen molar-refractivity contribution in [3.63, 3.8) is 0 Å². The first kappa shape index (κ1) is 17.8. The third-order valence-electron chi connectivity index (χ3n) is 3.83. The van der Waals surface area contributed by atoms with Crippen molar-refractivity contribution in [2.45, 2.75) is 49.7 Å². The molecule has 0 atom stereocenters. The third kappa shape index (κ3) is 6.01. The van der Waals surface area contributed by atoms with Gasteiger partial charge < -0.3 is 4.74 Å². The van der Waals surface area contributed by atoms with Gasteiger partial charge in [-0.2, -0.15) is 11.8 Å². The van der Waals surface area contributed by atoms with Crippen LogP contribution in [0, 0.1) is 0 Å². The molecule has 0 radical (unpaired) electrons. The average molecular weight is 323 g/mol. The lowest BCUT2D eigenvalue weighted by Crippen LogP contribution is -2.42. The highest BCUT2D eigenvalue weighted by molar-refractivity contribution is 8.00. The summed E-state index contributed by atoms with van der Waals surface area (Å²) in [5.41, 5.74) is 0. The van der Waals surface area contributed by atoms with Crippen molar-refractivity contribution in [1.82, 2.24) is 4.72 Å². The minimum Gasteiger partial charge on any atom is -0.469 e. The Kier molecular flexibility index (Phi) is 7.33. The minimum absolute atomic E-state index is 0.0213. The van der Waals surface area contributed by atoms with Crippen LogP contribution < -0.4 is 4.72 Å². The standard InChI is InChI=1S/C13H25NO4S2/c1-18-12(15)7-6-10-20(16,17)14-11-13(19-2)8-4-3-5-9-13/h14H,3-11H2,1-2H3. The number of methoxy groups -OCH3 is 1. The van der Waals surface area contributed by atoms with Gasteiger partial charge in [0.25, 0.3) is 0 Å². The number of thioether (sulfide) groups is 1. The van der Waals surface area contributed by atoms with Gasteiger partial charge in [-0.05, 0) is 25.5 Å². The van der Waals surface area contributed by atoms with Crippen LogP contribution in [-0.4, -0.2) is 44.8 Å². The van der Waals surface area contributed by atoms with Gasteiger partial charge in [-0.3, -0.25) is 4.79 Å². The average Bonchev–Trinajstić information content (AvgIpc) is 2.46. The number of hydrogen-bond donors (Lipinski definition) is 1. The summed E-state index contributed by atoms with van der Waals surface area (Å²) in [6, 6.07) is 0. The summed E-state index contributed by atoms with van der Waals surface area (Å²) in [5, 5.41) is 0. The van der Waals surface area contributed by atoms with Crippen molar-refractivity contribution in [2.24, 2.45) is 0 Å². The van der Waals surface area contributed by atoms with E-state index in [0.717, 1.165) is 12.8 Å². The van der Waals surface area contributed by atoms with Crippen LogP contribution in [0.25, 0.3) is 0 Å². The Bertz CT molecular complexity index is 403. The van der Waals surface area contributed by atoms with Crippen LogP contribution in [0.2, 0.25) is 0 Å². The maximum absolute atomic E-state index is 11.9. The quantitative estimate of drug-likeness (QED) is 0.691. The van der Waals surface area contributed by atoms with Gasteiger partial charge in [0, 0.05) is 17.7 Å². The van der Waals surface area contributed by atoms with Gasteiger partial charge in [0.1, 0.15) is 0 Å². The van der Waals surface area contributed by atoms with Crippen LogP contribution in [0.1, 0.15) is 44.9 Å². The molecule has 118 valence electrons. The molecule has 0 heterocycles. The monoisotopic (exact) mass is 323 g/mol. The molecule has 5 nitrogen and oxygen atoms in total. The molecule has 0 spiro atoms. The highest BCUT2D eigenvalue weighted by Crippen LogP contribution is 2.38. The highest BCUT2D eigenvalue weighted by atomic mass is 32.2. The molecule has 1 aliphatic rings. The molecule has 1 saturated carbocycles. The van der Waals surface area contributed by atoms with E-state index in [1.807, 2.05) is 0 Å². The van der Waals surface area contributed by atoms with E-state index >= 15 is 0 Å². The van der Waals surface area contributed by atoms with Crippen LogP contribution in [0.4, 0.5) is 0 Å². The lowest BCUT2D eigenvalue weighted by molar-refractivity contribution is -0.140. The number of carbonyl (C=O) groups is 1. The highest BCUT2D eigenvalue weighted by Gasteiger charge is 2.32. The SMILES string of the molecule is COC(=O)CCCS(=O)(=O)NCC1(SC)CCCCC1. The predicted molar refractivity (Wildman–Crippen MR) is 82.4 cm³/mol. The van der Waals surface area contributed by atoms with E-state index in [1.54, 1.807) is 11.8 Å². The Labute approximate surface area is 126 Å². The van der Waals surface area contributed by atoms with Crippen molar-refractivity contribution < 1.29 is 17.9 Å². The van der Waals surface area contributed by atoms with E-state index < -0.39 is 10.0 Å². The molecule has 0 amide bonds. The first-order valence-electron chi connectivity index (χ1n) is 7.02. The number of rotatable bonds is 8. The fourth-order valence-electron chi connectivity index (χ4n) is 2.47. The summed E-state index contributed by atoms with van der Waals surface area (Å²) < 4.78 is 31.1. The number of nitrogens with one attached hydrogen (secondary N) is 1. The number of ether oxygens (including phenoxy) is 1. The third-order valence-corrected chi connectivity index (χ3v) is 6.66. The second-order valence-corrected chi connectivity index (χ2v) is 8.47. The lowest BCUT2D eigenvalue weighted by Gasteiger charge is -2.35. The van der Waals surface area contributed by atoms with Crippen molar-refractivity contribution in [2.75, 3.05) is 25.7 Å². The Morgan fingerprint density at radius 3 is 2.50 bits per heavy atom. The number of hydrogen-bond acceptors (Lipinski definition) is 5. The van der Waals surface area contributed by atoms with Crippen molar-refractivity contribution in [1.29, 1.82) is 0 Å². The zero-order chi connectivity index (χ0) is 15.1. The summed E-state index contributed by atoms with van der Waals surface area (Å²) in [7, 11) is -2.00. The largest absolute Gasteiger partial charge is 0.469 e. The van der Waals surface area contributed by atoms with Gasteiger partial charge in [-0.1, -0.05) is 19.3 Å². The normalized spacial score (nSPS) is 18.7. The van der Waals surface area contributed by atoms with E-state index in [0.29, 0.717) is 13.0 Å². The fourth-order valence-corrected chi connectivity index (χ4v) is 4.64. The summed E-state index contributed by atoms with van der Waals surface area (Å²) >= 11 is 1.77. The molecule has 0 aromatic carbocycles. The summed E-state index contributed by atoms with van der Waals surface area (Å²) in [6.45, 7) is 0.495. The molecule has 1 rings (SSSR count). The fraction of sp³-hybridized carbons (Fsp3) is 0.923. The van der Waals surface area contributed by atoms with Gasteiger partial charge in [-0.15, -0.1) is 0 Å². The smallest absolute Gasteiger partial charge is 0.305 e. The van der Waals surface area contributed by atoms with E-state index in [4.69, 9.17) is 0 Å². The lowest BCUT2D eigenvalue weighted by atomic mass is 9.88. The van der Waals surface area contributed by atoms with Gasteiger partial charge in [0.15, 0.2) is 0 Å². The summed E-state index contributed by atoms with van der Waals surface area (Å²) in [5.74, 6) is -0.389. The number of carbonyl (C=O) groups excluding carboxylic acids is 1. The Hall–Kier alpha value is -0.270. The van der Waals surface area contributed by atoms with Gasteiger partial charge in [-0.25, -0.2) is 13.1 Å². The van der Waals surface area contributed by atoms with Gasteiger partial charge in [0.05, 0.1) is 12.9 Å². The van der Waals surface area contributed by atoms with Crippen LogP contribution in [0.15, 0.2) is 0 Å². The molecular weight excluding hydrogens is 298 g/mol. The van der Waals surface area contributed by atoms with Crippen molar-refractivity contribution in [3.8, 4) is 0 Å². The summed E-state index contributed by atoms with van der Waals surface area (Å²) in [6.07, 6.45) is 8.22. The van der Waals surface area contributed by atoms with E-state index in [-0.39, 0.29) is 22.9 Å². The maximum atomic E-state index is 11.9. The van der Waals surface area contributed by atoms with Crippen LogP contribution in [0.3, 0.4) is 0 Å². The van der Waals surface area contributed by atoms with Crippen LogP contribution in [-0.2, 0) is 19.6 Å². The Balaban J connectivity index is 2.39. The van der Waals surface area contributed by atoms with E-state index in [2.05, 4.69) is 15.7 Å². The van der Waals surface area contributed by atoms with Crippen LogP contribution >= 0.6 is 11.8 Å². The molecule has 1 fully saturated rings. The van der Waals surface area contributed by atoms with Crippen LogP contribution in [0.5, 0.6) is 0 Å². The number of sulfonamides is 1. The molecule has 0 aromatic rings. The predicted octanol–water partition coefficient (Wildman–Crippen LogP) is 1.92. The van der Waals surface area contributed by atoms with Gasteiger partial charge in [0.2, 0.25) is 10.0 Å². The molecule has 7 heteroatoms. The molecule has 0 unspecified atom stereocenters. The van der Waals surface area contributed by atoms with E-state index in [9.17, 15) is 13.2 Å². The van der Waals surface area contributed by atoms with Crippen molar-refractivity contribution >= 4 is 27.8 Å². The Morgan fingerprint density at radius 2 is 1.95 bits per heavy atom. The first-order chi connectivity index (χ1) is 9.43.